The number of rotatable bonds is 9. The van der Waals surface area contributed by atoms with Gasteiger partial charge in [-0.05, 0) is 11.1 Å². The second-order valence-corrected chi connectivity index (χ2v) is 7.46. The van der Waals surface area contributed by atoms with Crippen LogP contribution in [-0.4, -0.2) is 54.4 Å². The molecule has 2 aromatic carbocycles. The quantitative estimate of drug-likeness (QED) is 0.589. The fourth-order valence-corrected chi connectivity index (χ4v) is 3.46. The summed E-state index contributed by atoms with van der Waals surface area (Å²) in [6.45, 7) is 2.71. The molecular formula is C24H28O8. The summed E-state index contributed by atoms with van der Waals surface area (Å²) >= 11 is 0. The molecule has 1 heterocycles. The maximum Gasteiger partial charge on any atom is 0.303 e. The van der Waals surface area contributed by atoms with E-state index >= 15 is 0 Å². The van der Waals surface area contributed by atoms with Crippen molar-refractivity contribution in [2.45, 2.75) is 57.8 Å². The standard InChI is InChI=1S/C24H28O8/c1-16(25)28-15-20-21(31-17(2)26)22(29-13-18-9-5-3-6-10-18)23(24(27)32-20)30-14-19-11-7-4-8-12-19/h3-12,20-24,27H,13-15H2,1-2H3/t20-,21-,22+,23+,24+/m1/s1. The molecule has 1 aliphatic heterocycles. The second kappa shape index (κ2) is 11.7. The Bertz CT molecular complexity index is 857. The van der Waals surface area contributed by atoms with Gasteiger partial charge in [0.15, 0.2) is 12.4 Å². The molecule has 0 unspecified atom stereocenters. The summed E-state index contributed by atoms with van der Waals surface area (Å²) in [7, 11) is 0. The zero-order valence-electron chi connectivity index (χ0n) is 18.1. The average molecular weight is 444 g/mol. The summed E-state index contributed by atoms with van der Waals surface area (Å²) in [5.41, 5.74) is 1.79. The van der Waals surface area contributed by atoms with Crippen molar-refractivity contribution < 1.29 is 38.4 Å². The minimum absolute atomic E-state index is 0.193. The van der Waals surface area contributed by atoms with Crippen LogP contribution in [0, 0.1) is 0 Å². The van der Waals surface area contributed by atoms with Crippen molar-refractivity contribution in [2.24, 2.45) is 0 Å². The van der Waals surface area contributed by atoms with Gasteiger partial charge in [0.2, 0.25) is 0 Å². The first-order valence-electron chi connectivity index (χ1n) is 10.4. The number of ether oxygens (including phenoxy) is 5. The minimum Gasteiger partial charge on any atom is -0.463 e. The van der Waals surface area contributed by atoms with Crippen LogP contribution in [0.1, 0.15) is 25.0 Å². The van der Waals surface area contributed by atoms with E-state index in [1.165, 1.54) is 13.8 Å². The Morgan fingerprint density at radius 3 is 1.84 bits per heavy atom. The molecule has 0 amide bonds. The third-order valence-electron chi connectivity index (χ3n) is 4.93. The Hall–Kier alpha value is -2.78. The summed E-state index contributed by atoms with van der Waals surface area (Å²) in [6, 6.07) is 18.9. The number of benzene rings is 2. The van der Waals surface area contributed by atoms with Gasteiger partial charge in [-0.3, -0.25) is 9.59 Å². The van der Waals surface area contributed by atoms with Gasteiger partial charge in [0.1, 0.15) is 24.9 Å². The van der Waals surface area contributed by atoms with Gasteiger partial charge >= 0.3 is 11.9 Å². The van der Waals surface area contributed by atoms with Crippen LogP contribution < -0.4 is 0 Å². The van der Waals surface area contributed by atoms with Gasteiger partial charge in [-0.2, -0.15) is 0 Å². The minimum atomic E-state index is -1.38. The highest BCUT2D eigenvalue weighted by atomic mass is 16.7. The predicted molar refractivity (Wildman–Crippen MR) is 113 cm³/mol. The summed E-state index contributed by atoms with van der Waals surface area (Å²) in [5, 5.41) is 10.7. The van der Waals surface area contributed by atoms with Crippen molar-refractivity contribution in [1.29, 1.82) is 0 Å². The first-order chi connectivity index (χ1) is 15.4. The second-order valence-electron chi connectivity index (χ2n) is 7.46. The molecule has 3 rings (SSSR count). The largest absolute Gasteiger partial charge is 0.463 e. The van der Waals surface area contributed by atoms with E-state index in [9.17, 15) is 14.7 Å². The topological polar surface area (TPSA) is 101 Å². The number of aliphatic hydroxyl groups excluding tert-OH is 1. The first-order valence-corrected chi connectivity index (χ1v) is 10.4. The number of esters is 2. The van der Waals surface area contributed by atoms with Gasteiger partial charge in [0, 0.05) is 13.8 Å². The van der Waals surface area contributed by atoms with Crippen molar-refractivity contribution >= 4 is 11.9 Å². The lowest BCUT2D eigenvalue weighted by molar-refractivity contribution is -0.309. The Balaban J connectivity index is 1.82. The molecule has 0 aromatic heterocycles. The van der Waals surface area contributed by atoms with Crippen LogP contribution in [0.25, 0.3) is 0 Å². The van der Waals surface area contributed by atoms with E-state index in [2.05, 4.69) is 0 Å². The van der Waals surface area contributed by atoms with Crippen LogP contribution in [0.15, 0.2) is 60.7 Å². The maximum absolute atomic E-state index is 11.8. The number of carbonyl (C=O) groups excluding carboxylic acids is 2. The Morgan fingerprint density at radius 2 is 1.34 bits per heavy atom. The SMILES string of the molecule is CC(=O)OC[C@H]1O[C@H](O)[C@@H](OCc2ccccc2)[C@@H](OCc2ccccc2)[C@@H]1OC(C)=O. The smallest absolute Gasteiger partial charge is 0.303 e. The van der Waals surface area contributed by atoms with Crippen LogP contribution in [-0.2, 0) is 46.5 Å². The number of carbonyl (C=O) groups is 2. The van der Waals surface area contributed by atoms with E-state index in [1.807, 2.05) is 60.7 Å². The summed E-state index contributed by atoms with van der Waals surface area (Å²) in [6.07, 6.45) is -5.08. The van der Waals surface area contributed by atoms with E-state index in [4.69, 9.17) is 23.7 Å². The highest BCUT2D eigenvalue weighted by Gasteiger charge is 2.49. The molecule has 8 heteroatoms. The molecule has 8 nitrogen and oxygen atoms in total. The molecule has 2 aromatic rings. The molecule has 1 saturated heterocycles. The zero-order valence-corrected chi connectivity index (χ0v) is 18.1. The molecule has 0 spiro atoms. The zero-order chi connectivity index (χ0) is 22.9. The van der Waals surface area contributed by atoms with Crippen molar-refractivity contribution in [1.82, 2.24) is 0 Å². The lowest BCUT2D eigenvalue weighted by Gasteiger charge is -2.43. The maximum atomic E-state index is 11.8. The molecule has 172 valence electrons. The van der Waals surface area contributed by atoms with Gasteiger partial charge in [0.25, 0.3) is 0 Å². The van der Waals surface area contributed by atoms with Gasteiger partial charge in [0.05, 0.1) is 13.2 Å². The van der Waals surface area contributed by atoms with E-state index in [0.29, 0.717) is 0 Å². The van der Waals surface area contributed by atoms with Crippen molar-refractivity contribution in [3.63, 3.8) is 0 Å². The van der Waals surface area contributed by atoms with Crippen molar-refractivity contribution in [3.05, 3.63) is 71.8 Å². The molecule has 1 fully saturated rings. The molecule has 1 aliphatic rings. The van der Waals surface area contributed by atoms with Crippen molar-refractivity contribution in [2.75, 3.05) is 6.61 Å². The molecule has 0 aliphatic carbocycles. The number of hydrogen-bond donors (Lipinski definition) is 1. The Kier molecular flexibility index (Phi) is 8.75. The summed E-state index contributed by atoms with van der Waals surface area (Å²) in [4.78, 5) is 23.1. The molecule has 0 bridgehead atoms. The van der Waals surface area contributed by atoms with Gasteiger partial charge in [-0.15, -0.1) is 0 Å². The summed E-state index contributed by atoms with van der Waals surface area (Å²) in [5.74, 6) is -1.08. The molecule has 32 heavy (non-hydrogen) atoms. The predicted octanol–water partition coefficient (Wildman–Crippen LogP) is 2.37. The van der Waals surface area contributed by atoms with E-state index in [-0.39, 0.29) is 19.8 Å². The van der Waals surface area contributed by atoms with Gasteiger partial charge in [-0.1, -0.05) is 60.7 Å². The van der Waals surface area contributed by atoms with Crippen LogP contribution in [0.2, 0.25) is 0 Å². The van der Waals surface area contributed by atoms with Gasteiger partial charge < -0.3 is 28.8 Å². The Labute approximate surface area is 187 Å². The summed E-state index contributed by atoms with van der Waals surface area (Å²) < 4.78 is 28.3. The lowest BCUT2D eigenvalue weighted by atomic mass is 9.98. The van der Waals surface area contributed by atoms with E-state index in [0.717, 1.165) is 11.1 Å². The van der Waals surface area contributed by atoms with Crippen LogP contribution in [0.5, 0.6) is 0 Å². The molecular weight excluding hydrogens is 416 g/mol. The third-order valence-corrected chi connectivity index (χ3v) is 4.93. The molecule has 5 atom stereocenters. The van der Waals surface area contributed by atoms with E-state index in [1.54, 1.807) is 0 Å². The number of hydrogen-bond acceptors (Lipinski definition) is 8. The first kappa shape index (κ1) is 23.9. The Morgan fingerprint density at radius 1 is 0.812 bits per heavy atom. The van der Waals surface area contributed by atoms with Crippen molar-refractivity contribution in [3.8, 4) is 0 Å². The normalized spacial score (nSPS) is 25.2. The average Bonchev–Trinajstić information content (AvgIpc) is 2.78. The fraction of sp³-hybridized carbons (Fsp3) is 0.417. The van der Waals surface area contributed by atoms with Crippen LogP contribution >= 0.6 is 0 Å². The van der Waals surface area contributed by atoms with Crippen LogP contribution in [0.3, 0.4) is 0 Å². The highest BCUT2D eigenvalue weighted by molar-refractivity contribution is 5.66. The monoisotopic (exact) mass is 444 g/mol. The molecule has 1 N–H and O–H groups in total. The third kappa shape index (κ3) is 6.86. The molecule has 0 radical (unpaired) electrons. The van der Waals surface area contributed by atoms with E-state index < -0.39 is 42.6 Å². The number of aliphatic hydroxyl groups is 1. The van der Waals surface area contributed by atoms with Crippen LogP contribution in [0.4, 0.5) is 0 Å². The molecule has 0 saturated carbocycles. The fourth-order valence-electron chi connectivity index (χ4n) is 3.46. The van der Waals surface area contributed by atoms with Gasteiger partial charge in [-0.25, -0.2) is 0 Å². The lowest BCUT2D eigenvalue weighted by Crippen LogP contribution is -2.61. The highest BCUT2D eigenvalue weighted by Crippen LogP contribution is 2.29.